The summed E-state index contributed by atoms with van der Waals surface area (Å²) in [5.74, 6) is -0.0446. The number of amides is 1. The molecule has 0 spiro atoms. The molecule has 150 valence electrons. The minimum atomic E-state index is -0.388. The van der Waals surface area contributed by atoms with Gasteiger partial charge in [-0.05, 0) is 31.0 Å². The molecule has 3 heterocycles. The van der Waals surface area contributed by atoms with Crippen LogP contribution >= 0.6 is 0 Å². The number of nitrogens with zero attached hydrogens (tertiary/aromatic N) is 5. The fourth-order valence-corrected chi connectivity index (χ4v) is 3.26. The predicted octanol–water partition coefficient (Wildman–Crippen LogP) is 1.86. The number of unbranched alkanes of at least 4 members (excludes halogenated alkanes) is 2. The Labute approximate surface area is 164 Å². The molecule has 1 aromatic carbocycles. The molecule has 1 amide bonds. The Morgan fingerprint density at radius 1 is 1.21 bits per heavy atom. The van der Waals surface area contributed by atoms with E-state index in [1.54, 1.807) is 16.2 Å². The minimum Gasteiger partial charge on any atom is -0.424 e. The third-order valence-corrected chi connectivity index (χ3v) is 4.63. The zero-order chi connectivity index (χ0) is 20.4. The van der Waals surface area contributed by atoms with E-state index >= 15 is 0 Å². The number of nitrogen functional groups attached to an aromatic ring is 2. The zero-order valence-corrected chi connectivity index (χ0v) is 15.5. The van der Waals surface area contributed by atoms with Crippen LogP contribution in [-0.2, 0) is 11.3 Å². The Kier molecular flexibility index (Phi) is 4.96. The summed E-state index contributed by atoms with van der Waals surface area (Å²) in [4.78, 5) is 23.7. The lowest BCUT2D eigenvalue weighted by molar-refractivity contribution is -0.129. The molecule has 4 rings (SSSR count). The van der Waals surface area contributed by atoms with Crippen LogP contribution in [-0.4, -0.2) is 35.8 Å². The molecule has 0 saturated heterocycles. The van der Waals surface area contributed by atoms with Gasteiger partial charge in [-0.15, -0.1) is 0 Å². The maximum absolute atomic E-state index is 11.1. The first-order valence-electron chi connectivity index (χ1n) is 9.13. The molecular formula is C18H20N8O3. The molecule has 29 heavy (non-hydrogen) atoms. The zero-order valence-electron chi connectivity index (χ0n) is 15.5. The number of hydrogen-bond donors (Lipinski definition) is 4. The van der Waals surface area contributed by atoms with Crippen LogP contribution in [0.3, 0.4) is 0 Å². The molecule has 0 aliphatic heterocycles. The SMILES string of the molecule is Nc1nc2cc(-c3nn(CCCCCC(=O)NO)c4ncnc(N)c34)ccc2o1. The third-order valence-electron chi connectivity index (χ3n) is 4.63. The number of aromatic nitrogens is 5. The summed E-state index contributed by atoms with van der Waals surface area (Å²) >= 11 is 0. The number of oxazole rings is 1. The van der Waals surface area contributed by atoms with Crippen LogP contribution in [0.2, 0.25) is 0 Å². The van der Waals surface area contributed by atoms with Crippen molar-refractivity contribution in [3.63, 3.8) is 0 Å². The van der Waals surface area contributed by atoms with Gasteiger partial charge in [-0.3, -0.25) is 10.0 Å². The van der Waals surface area contributed by atoms with E-state index < -0.39 is 0 Å². The average molecular weight is 396 g/mol. The summed E-state index contributed by atoms with van der Waals surface area (Å²) < 4.78 is 7.11. The van der Waals surface area contributed by atoms with Gasteiger partial charge in [-0.1, -0.05) is 6.42 Å². The number of carbonyl (C=O) groups is 1. The van der Waals surface area contributed by atoms with Crippen molar-refractivity contribution in [3.05, 3.63) is 24.5 Å². The second-order valence-electron chi connectivity index (χ2n) is 6.61. The normalized spacial score (nSPS) is 11.3. The maximum atomic E-state index is 11.1. The highest BCUT2D eigenvalue weighted by atomic mass is 16.5. The van der Waals surface area contributed by atoms with Gasteiger partial charge in [0.15, 0.2) is 11.2 Å². The van der Waals surface area contributed by atoms with E-state index in [2.05, 4.69) is 15.0 Å². The average Bonchev–Trinajstić information content (AvgIpc) is 3.27. The van der Waals surface area contributed by atoms with E-state index in [1.165, 1.54) is 6.33 Å². The highest BCUT2D eigenvalue weighted by molar-refractivity contribution is 5.99. The molecule has 0 saturated carbocycles. The summed E-state index contributed by atoms with van der Waals surface area (Å²) in [6.45, 7) is 0.604. The van der Waals surface area contributed by atoms with Gasteiger partial charge in [0.1, 0.15) is 23.4 Å². The van der Waals surface area contributed by atoms with E-state index in [4.69, 9.17) is 26.2 Å². The smallest absolute Gasteiger partial charge is 0.292 e. The number of benzene rings is 1. The molecule has 0 fully saturated rings. The van der Waals surface area contributed by atoms with Crippen LogP contribution < -0.4 is 16.9 Å². The summed E-state index contributed by atoms with van der Waals surface area (Å²) in [5.41, 5.74) is 16.7. The molecule has 6 N–H and O–H groups in total. The van der Waals surface area contributed by atoms with Gasteiger partial charge in [0.2, 0.25) is 5.91 Å². The van der Waals surface area contributed by atoms with E-state index in [9.17, 15) is 4.79 Å². The monoisotopic (exact) mass is 396 g/mol. The summed E-state index contributed by atoms with van der Waals surface area (Å²) in [5, 5.41) is 13.9. The van der Waals surface area contributed by atoms with Crippen molar-refractivity contribution >= 4 is 39.9 Å². The second kappa shape index (κ2) is 7.72. The van der Waals surface area contributed by atoms with Crippen molar-refractivity contribution in [2.45, 2.75) is 32.2 Å². The van der Waals surface area contributed by atoms with Crippen LogP contribution in [0, 0.1) is 0 Å². The van der Waals surface area contributed by atoms with E-state index in [1.807, 2.05) is 12.1 Å². The first-order valence-corrected chi connectivity index (χ1v) is 9.13. The Balaban J connectivity index is 1.63. The number of aryl methyl sites for hydroxylation is 1. The van der Waals surface area contributed by atoms with Crippen LogP contribution in [0.4, 0.5) is 11.8 Å². The summed E-state index contributed by atoms with van der Waals surface area (Å²) in [6.07, 6.45) is 3.94. The topological polar surface area (TPSA) is 171 Å². The molecule has 3 aromatic heterocycles. The molecule has 11 heteroatoms. The van der Waals surface area contributed by atoms with Gasteiger partial charge in [0.05, 0.1) is 5.39 Å². The van der Waals surface area contributed by atoms with Crippen LogP contribution in [0.15, 0.2) is 28.9 Å². The Morgan fingerprint density at radius 3 is 2.90 bits per heavy atom. The lowest BCUT2D eigenvalue weighted by Crippen LogP contribution is -2.17. The van der Waals surface area contributed by atoms with E-state index in [-0.39, 0.29) is 18.3 Å². The largest absolute Gasteiger partial charge is 0.424 e. The predicted molar refractivity (Wildman–Crippen MR) is 106 cm³/mol. The third kappa shape index (κ3) is 3.67. The van der Waals surface area contributed by atoms with Gasteiger partial charge < -0.3 is 15.9 Å². The number of hydrogen-bond acceptors (Lipinski definition) is 9. The van der Waals surface area contributed by atoms with Crippen molar-refractivity contribution in [2.24, 2.45) is 0 Å². The van der Waals surface area contributed by atoms with Crippen LogP contribution in [0.5, 0.6) is 0 Å². The Hall–Kier alpha value is -3.73. The van der Waals surface area contributed by atoms with Gasteiger partial charge in [0.25, 0.3) is 6.01 Å². The minimum absolute atomic E-state index is 0.102. The Bertz CT molecular complexity index is 1180. The summed E-state index contributed by atoms with van der Waals surface area (Å²) in [7, 11) is 0. The Morgan fingerprint density at radius 2 is 2.07 bits per heavy atom. The maximum Gasteiger partial charge on any atom is 0.292 e. The number of hydroxylamine groups is 1. The number of fused-ring (bicyclic) bond motifs is 2. The molecule has 0 aliphatic rings. The molecule has 4 aromatic rings. The number of nitrogens with two attached hydrogens (primary N) is 2. The second-order valence-corrected chi connectivity index (χ2v) is 6.61. The standard InChI is InChI=1S/C18H20N8O3/c19-16-14-15(10-5-6-12-11(8-10)23-18(20)29-12)24-26(17(14)22-9-21-16)7-3-1-2-4-13(27)25-28/h5-6,8-9,28H,1-4,7H2,(H2,20,23)(H,25,27)(H2,19,21,22). The number of carbonyl (C=O) groups excluding carboxylic acids is 1. The summed E-state index contributed by atoms with van der Waals surface area (Å²) in [6, 6.07) is 5.58. The van der Waals surface area contributed by atoms with Gasteiger partial charge in [-0.25, -0.2) is 20.1 Å². The van der Waals surface area contributed by atoms with Gasteiger partial charge in [-0.2, -0.15) is 10.1 Å². The first kappa shape index (κ1) is 18.6. The van der Waals surface area contributed by atoms with Crippen molar-refractivity contribution < 1.29 is 14.4 Å². The van der Waals surface area contributed by atoms with Crippen LogP contribution in [0.25, 0.3) is 33.4 Å². The molecule has 0 atom stereocenters. The van der Waals surface area contributed by atoms with Crippen molar-refractivity contribution in [1.82, 2.24) is 30.2 Å². The lowest BCUT2D eigenvalue weighted by atomic mass is 10.1. The highest BCUT2D eigenvalue weighted by Gasteiger charge is 2.18. The number of nitrogens with one attached hydrogen (secondary N) is 1. The van der Waals surface area contributed by atoms with Crippen molar-refractivity contribution in [2.75, 3.05) is 11.5 Å². The van der Waals surface area contributed by atoms with Crippen molar-refractivity contribution in [3.8, 4) is 11.3 Å². The number of anilines is 2. The van der Waals surface area contributed by atoms with E-state index in [0.717, 1.165) is 18.4 Å². The highest BCUT2D eigenvalue weighted by Crippen LogP contribution is 2.32. The van der Waals surface area contributed by atoms with Crippen molar-refractivity contribution in [1.29, 1.82) is 0 Å². The van der Waals surface area contributed by atoms with Crippen LogP contribution in [0.1, 0.15) is 25.7 Å². The number of rotatable bonds is 7. The van der Waals surface area contributed by atoms with Gasteiger partial charge in [0, 0.05) is 18.5 Å². The van der Waals surface area contributed by atoms with Gasteiger partial charge >= 0.3 is 0 Å². The quantitative estimate of drug-likeness (QED) is 0.207. The molecule has 0 unspecified atom stereocenters. The molecule has 0 aliphatic carbocycles. The molecular weight excluding hydrogens is 376 g/mol. The fraction of sp³-hybridized carbons (Fsp3) is 0.278. The van der Waals surface area contributed by atoms with E-state index in [0.29, 0.717) is 46.6 Å². The molecule has 0 bridgehead atoms. The lowest BCUT2D eigenvalue weighted by Gasteiger charge is -2.03. The first-order chi connectivity index (χ1) is 14.1. The fourth-order valence-electron chi connectivity index (χ4n) is 3.26. The molecule has 0 radical (unpaired) electrons. The molecule has 11 nitrogen and oxygen atoms in total.